The minimum absolute atomic E-state index is 0.160. The van der Waals surface area contributed by atoms with Crippen LogP contribution in [0.3, 0.4) is 0 Å². The van der Waals surface area contributed by atoms with Gasteiger partial charge in [-0.25, -0.2) is 0 Å². The zero-order chi connectivity index (χ0) is 18.8. The number of nitrogens with one attached hydrogen (secondary N) is 1. The molecule has 0 saturated carbocycles. The van der Waals surface area contributed by atoms with E-state index in [1.54, 1.807) is 42.5 Å². The molecule has 2 aromatic rings. The van der Waals surface area contributed by atoms with Crippen LogP contribution in [0.15, 0.2) is 42.5 Å². The van der Waals surface area contributed by atoms with Crippen molar-refractivity contribution >= 4 is 17.5 Å². The molecular formula is C19H19ClN2O4. The Hall–Kier alpha value is -2.91. The van der Waals surface area contributed by atoms with Gasteiger partial charge in [0, 0.05) is 11.1 Å². The van der Waals surface area contributed by atoms with Crippen molar-refractivity contribution in [2.24, 2.45) is 0 Å². The van der Waals surface area contributed by atoms with Crippen LogP contribution in [0.4, 0.5) is 0 Å². The molecule has 7 heteroatoms. The van der Waals surface area contributed by atoms with Crippen LogP contribution in [-0.4, -0.2) is 32.3 Å². The first-order valence-corrected chi connectivity index (χ1v) is 8.45. The molecule has 2 rings (SSSR count). The predicted molar refractivity (Wildman–Crippen MR) is 97.8 cm³/mol. The third-order valence-electron chi connectivity index (χ3n) is 3.24. The molecule has 0 fully saturated rings. The van der Waals surface area contributed by atoms with Crippen molar-refractivity contribution < 1.29 is 19.0 Å². The molecule has 0 radical (unpaired) electrons. The van der Waals surface area contributed by atoms with Crippen molar-refractivity contribution in [2.45, 2.75) is 6.92 Å². The highest BCUT2D eigenvalue weighted by Crippen LogP contribution is 2.28. The van der Waals surface area contributed by atoms with Crippen molar-refractivity contribution in [2.75, 3.05) is 26.4 Å². The lowest BCUT2D eigenvalue weighted by atomic mass is 10.2. The average Bonchev–Trinajstić information content (AvgIpc) is 2.65. The van der Waals surface area contributed by atoms with E-state index < -0.39 is 0 Å². The van der Waals surface area contributed by atoms with Crippen LogP contribution in [0.1, 0.15) is 12.5 Å². The van der Waals surface area contributed by atoms with Crippen molar-refractivity contribution in [3.05, 3.63) is 53.1 Å². The fraction of sp³-hybridized carbons (Fsp3) is 0.263. The van der Waals surface area contributed by atoms with Crippen LogP contribution in [0.2, 0.25) is 5.02 Å². The minimum Gasteiger partial charge on any atom is -0.492 e. The highest BCUT2D eigenvalue weighted by molar-refractivity contribution is 6.30. The second-order valence-electron chi connectivity index (χ2n) is 5.15. The van der Waals surface area contributed by atoms with E-state index in [4.69, 9.17) is 31.1 Å². The zero-order valence-electron chi connectivity index (χ0n) is 14.3. The first-order chi connectivity index (χ1) is 12.6. The Morgan fingerprint density at radius 3 is 2.58 bits per heavy atom. The van der Waals surface area contributed by atoms with Gasteiger partial charge in [-0.3, -0.25) is 4.79 Å². The van der Waals surface area contributed by atoms with E-state index in [1.807, 2.05) is 13.0 Å². The Morgan fingerprint density at radius 1 is 1.12 bits per heavy atom. The van der Waals surface area contributed by atoms with E-state index in [2.05, 4.69) is 5.32 Å². The van der Waals surface area contributed by atoms with Crippen LogP contribution < -0.4 is 19.5 Å². The summed E-state index contributed by atoms with van der Waals surface area (Å²) in [5, 5.41) is 12.3. The third-order valence-corrected chi connectivity index (χ3v) is 3.49. The Kier molecular flexibility index (Phi) is 7.59. The first kappa shape index (κ1) is 19.4. The monoisotopic (exact) mass is 374 g/mol. The van der Waals surface area contributed by atoms with E-state index in [0.29, 0.717) is 47.6 Å². The maximum absolute atomic E-state index is 11.9. The number of halogens is 1. The summed E-state index contributed by atoms with van der Waals surface area (Å²) < 4.78 is 16.4. The first-order valence-electron chi connectivity index (χ1n) is 8.07. The van der Waals surface area contributed by atoms with Crippen LogP contribution >= 0.6 is 11.6 Å². The van der Waals surface area contributed by atoms with Gasteiger partial charge in [0.2, 0.25) is 0 Å². The van der Waals surface area contributed by atoms with Gasteiger partial charge >= 0.3 is 0 Å². The molecule has 0 atom stereocenters. The van der Waals surface area contributed by atoms with E-state index in [1.165, 1.54) is 0 Å². The summed E-state index contributed by atoms with van der Waals surface area (Å²) in [5.74, 6) is 1.25. The molecule has 26 heavy (non-hydrogen) atoms. The van der Waals surface area contributed by atoms with Gasteiger partial charge in [-0.15, -0.1) is 0 Å². The van der Waals surface area contributed by atoms with Crippen molar-refractivity contribution in [3.8, 4) is 23.3 Å². The third kappa shape index (κ3) is 6.19. The van der Waals surface area contributed by atoms with Gasteiger partial charge in [0.05, 0.1) is 24.8 Å². The summed E-state index contributed by atoms with van der Waals surface area (Å²) in [6.07, 6.45) is 0. The summed E-state index contributed by atoms with van der Waals surface area (Å²) in [5.41, 5.74) is 0.463. The molecule has 0 aliphatic heterocycles. The number of rotatable bonds is 9. The normalized spacial score (nSPS) is 9.88. The summed E-state index contributed by atoms with van der Waals surface area (Å²) in [4.78, 5) is 11.9. The fourth-order valence-corrected chi connectivity index (χ4v) is 2.18. The Labute approximate surface area is 157 Å². The lowest BCUT2D eigenvalue weighted by Gasteiger charge is -2.12. The van der Waals surface area contributed by atoms with Crippen molar-refractivity contribution in [1.29, 1.82) is 5.26 Å². The van der Waals surface area contributed by atoms with Crippen LogP contribution in [-0.2, 0) is 4.79 Å². The second kappa shape index (κ2) is 10.2. The predicted octanol–water partition coefficient (Wildman–Crippen LogP) is 3.18. The number of ether oxygens (including phenoxy) is 3. The average molecular weight is 375 g/mol. The van der Waals surface area contributed by atoms with Gasteiger partial charge in [0.1, 0.15) is 12.4 Å². The molecule has 0 aliphatic rings. The molecular weight excluding hydrogens is 356 g/mol. The number of amides is 1. The highest BCUT2D eigenvalue weighted by atomic mass is 35.5. The lowest BCUT2D eigenvalue weighted by Crippen LogP contribution is -2.32. The smallest absolute Gasteiger partial charge is 0.258 e. The summed E-state index contributed by atoms with van der Waals surface area (Å²) in [7, 11) is 0. The van der Waals surface area contributed by atoms with E-state index in [9.17, 15) is 4.79 Å². The van der Waals surface area contributed by atoms with Crippen LogP contribution in [0.25, 0.3) is 0 Å². The van der Waals surface area contributed by atoms with Gasteiger partial charge in [-0.1, -0.05) is 11.6 Å². The highest BCUT2D eigenvalue weighted by Gasteiger charge is 2.09. The van der Waals surface area contributed by atoms with Gasteiger partial charge in [-0.2, -0.15) is 5.26 Å². The summed E-state index contributed by atoms with van der Waals surface area (Å²) in [6.45, 7) is 2.77. The molecule has 0 aromatic heterocycles. The number of nitrogens with zero attached hydrogens (tertiary/aromatic N) is 1. The number of carbonyl (C=O) groups excluding carboxylic acids is 1. The number of hydrogen-bond donors (Lipinski definition) is 1. The standard InChI is InChI=1S/C19H19ClN2O4/c1-2-24-18-11-14(12-21)3-8-17(18)26-13-19(23)22-9-10-25-16-6-4-15(20)5-7-16/h3-8,11H,2,9-10,13H2,1H3,(H,22,23). The topological polar surface area (TPSA) is 80.6 Å². The summed E-state index contributed by atoms with van der Waals surface area (Å²) in [6, 6.07) is 13.8. The second-order valence-corrected chi connectivity index (χ2v) is 5.58. The van der Waals surface area contributed by atoms with Crippen molar-refractivity contribution in [3.63, 3.8) is 0 Å². The van der Waals surface area contributed by atoms with Gasteiger partial charge in [-0.05, 0) is 43.3 Å². The Morgan fingerprint density at radius 2 is 1.88 bits per heavy atom. The Bertz CT molecular complexity index is 772. The minimum atomic E-state index is -0.281. The molecule has 0 unspecified atom stereocenters. The zero-order valence-corrected chi connectivity index (χ0v) is 15.1. The molecule has 2 aromatic carbocycles. The lowest BCUT2D eigenvalue weighted by molar-refractivity contribution is -0.123. The largest absolute Gasteiger partial charge is 0.492 e. The van der Waals surface area contributed by atoms with Gasteiger partial charge < -0.3 is 19.5 Å². The molecule has 0 spiro atoms. The molecule has 0 heterocycles. The SMILES string of the molecule is CCOc1cc(C#N)ccc1OCC(=O)NCCOc1ccc(Cl)cc1. The fourth-order valence-electron chi connectivity index (χ4n) is 2.05. The van der Waals surface area contributed by atoms with E-state index >= 15 is 0 Å². The molecule has 0 aliphatic carbocycles. The molecule has 136 valence electrons. The quantitative estimate of drug-likeness (QED) is 0.682. The van der Waals surface area contributed by atoms with Crippen molar-refractivity contribution in [1.82, 2.24) is 5.32 Å². The van der Waals surface area contributed by atoms with Crippen LogP contribution in [0.5, 0.6) is 17.2 Å². The number of hydrogen-bond acceptors (Lipinski definition) is 5. The maximum Gasteiger partial charge on any atom is 0.258 e. The molecule has 0 saturated heterocycles. The van der Waals surface area contributed by atoms with E-state index in [-0.39, 0.29) is 12.5 Å². The Balaban J connectivity index is 1.74. The van der Waals surface area contributed by atoms with Gasteiger partial charge in [0.15, 0.2) is 18.1 Å². The molecule has 0 bridgehead atoms. The molecule has 1 amide bonds. The van der Waals surface area contributed by atoms with E-state index in [0.717, 1.165) is 0 Å². The number of carbonyl (C=O) groups is 1. The van der Waals surface area contributed by atoms with Gasteiger partial charge in [0.25, 0.3) is 5.91 Å². The van der Waals surface area contributed by atoms with Crippen LogP contribution in [0, 0.1) is 11.3 Å². The maximum atomic E-state index is 11.9. The number of nitriles is 1. The molecule has 6 nitrogen and oxygen atoms in total. The number of benzene rings is 2. The summed E-state index contributed by atoms with van der Waals surface area (Å²) >= 11 is 5.80. The molecule has 1 N–H and O–H groups in total.